The van der Waals surface area contributed by atoms with Crippen LogP contribution in [-0.2, 0) is 27.4 Å². The fraction of sp³-hybridized carbons (Fsp3) is 0.242. The molecule has 2 unspecified atom stereocenters. The van der Waals surface area contributed by atoms with E-state index in [1.54, 1.807) is 25.1 Å². The van der Waals surface area contributed by atoms with Gasteiger partial charge in [-0.2, -0.15) is 0 Å². The van der Waals surface area contributed by atoms with E-state index in [2.05, 4.69) is 20.9 Å². The summed E-state index contributed by atoms with van der Waals surface area (Å²) in [5.41, 5.74) is 13.4. The second kappa shape index (κ2) is 17.2. The molecule has 1 aromatic heterocycles. The minimum atomic E-state index is -1.05. The molecule has 0 fully saturated rings. The highest BCUT2D eigenvalue weighted by Crippen LogP contribution is 2.21. The number of hydrogen-bond acceptors (Lipinski definition) is 7. The molecule has 4 aromatic rings. The summed E-state index contributed by atoms with van der Waals surface area (Å²) in [5.74, 6) is -1.20. The van der Waals surface area contributed by atoms with Gasteiger partial charge in [0.2, 0.25) is 11.8 Å². The van der Waals surface area contributed by atoms with Crippen molar-refractivity contribution in [2.24, 2.45) is 16.5 Å². The van der Waals surface area contributed by atoms with Crippen LogP contribution < -0.4 is 33.0 Å². The lowest BCUT2D eigenvalue weighted by atomic mass is 10.0. The molecule has 0 aliphatic carbocycles. The number of alkyl carbamates (subject to hydrolysis) is 1. The van der Waals surface area contributed by atoms with Gasteiger partial charge >= 0.3 is 11.7 Å². The van der Waals surface area contributed by atoms with Gasteiger partial charge in [-0.1, -0.05) is 60.7 Å². The Balaban J connectivity index is 0.00000576. The highest BCUT2D eigenvalue weighted by atomic mass is 35.5. The van der Waals surface area contributed by atoms with Crippen LogP contribution in [0.5, 0.6) is 0 Å². The van der Waals surface area contributed by atoms with E-state index in [1.807, 2.05) is 60.7 Å². The van der Waals surface area contributed by atoms with Crippen molar-refractivity contribution >= 4 is 52.9 Å². The van der Waals surface area contributed by atoms with E-state index in [0.29, 0.717) is 17.7 Å². The molecule has 0 bridgehead atoms. The number of nitrogens with two attached hydrogens (primary N) is 2. The number of carbonyl (C=O) groups excluding carboxylic acids is 3. The normalized spacial score (nSPS) is 11.8. The van der Waals surface area contributed by atoms with Crippen LogP contribution in [0.2, 0.25) is 0 Å². The van der Waals surface area contributed by atoms with Crippen LogP contribution in [0.4, 0.5) is 10.5 Å². The Morgan fingerprint density at radius 3 is 2.22 bits per heavy atom. The van der Waals surface area contributed by atoms with Crippen LogP contribution in [0.1, 0.15) is 29.5 Å². The third kappa shape index (κ3) is 10.7. The molecule has 2 atom stereocenters. The second-order valence-corrected chi connectivity index (χ2v) is 10.4. The molecule has 3 amide bonds. The lowest BCUT2D eigenvalue weighted by Crippen LogP contribution is -2.53. The average Bonchev–Trinajstić information content (AvgIpc) is 3.01. The Kier molecular flexibility index (Phi) is 13.1. The van der Waals surface area contributed by atoms with Crippen molar-refractivity contribution in [3.63, 3.8) is 0 Å². The topological polar surface area (TPSA) is 191 Å². The number of aliphatic imine (C=N–C) groups is 1. The zero-order valence-corrected chi connectivity index (χ0v) is 26.0. The molecule has 0 saturated carbocycles. The fourth-order valence-corrected chi connectivity index (χ4v) is 4.64. The maximum absolute atomic E-state index is 13.6. The number of hydrogen-bond donors (Lipinski definition) is 5. The molecule has 242 valence electrons. The summed E-state index contributed by atoms with van der Waals surface area (Å²) in [4.78, 5) is 55.7. The standard InChI is InChI=1S/C33H36N6O6.ClH/c1-21-17-29(40)45-28-19-24(14-15-25(21)28)37-30(41)26(13-8-16-36-32(34)35)38-31(42)27(18-22-9-4-2-5-10-22)39-33(43)44-20-23-11-6-3-7-12-23;/h2-7,9-12,14-15,17,19,26-27H,8,13,16,18,20H2,1H3,(H,37,41)(H,38,42)(H,39,43)(H4,34,35,36);1H. The van der Waals surface area contributed by atoms with Crippen molar-refractivity contribution < 1.29 is 23.5 Å². The molecule has 12 nitrogen and oxygen atoms in total. The molecule has 3 aromatic carbocycles. The van der Waals surface area contributed by atoms with E-state index in [0.717, 1.165) is 22.1 Å². The lowest BCUT2D eigenvalue weighted by Gasteiger charge is -2.23. The van der Waals surface area contributed by atoms with Crippen molar-refractivity contribution in [3.05, 3.63) is 112 Å². The first kappa shape index (κ1) is 35.1. The molecule has 0 saturated heterocycles. The minimum Gasteiger partial charge on any atom is -0.445 e. The number of nitrogens with one attached hydrogen (secondary N) is 3. The van der Waals surface area contributed by atoms with Crippen LogP contribution in [0.25, 0.3) is 11.0 Å². The lowest BCUT2D eigenvalue weighted by molar-refractivity contribution is -0.128. The largest absolute Gasteiger partial charge is 0.445 e. The summed E-state index contributed by atoms with van der Waals surface area (Å²) in [6, 6.07) is 22.6. The van der Waals surface area contributed by atoms with Gasteiger partial charge in [0.25, 0.3) is 0 Å². The monoisotopic (exact) mass is 648 g/mol. The molecule has 0 radical (unpaired) electrons. The van der Waals surface area contributed by atoms with E-state index < -0.39 is 35.6 Å². The predicted molar refractivity (Wildman–Crippen MR) is 179 cm³/mol. The SMILES string of the molecule is Cc1cc(=O)oc2cc(NC(=O)C(CCCN=C(N)N)NC(=O)C(Cc3ccccc3)NC(=O)OCc3ccccc3)ccc12.Cl. The van der Waals surface area contributed by atoms with Gasteiger partial charge < -0.3 is 36.6 Å². The number of carbonyl (C=O) groups is 3. The number of nitrogens with zero attached hydrogens (tertiary/aromatic N) is 1. The predicted octanol–water partition coefficient (Wildman–Crippen LogP) is 3.54. The average molecular weight is 649 g/mol. The Hall–Kier alpha value is -5.36. The van der Waals surface area contributed by atoms with Gasteiger partial charge in [0.05, 0.1) is 0 Å². The van der Waals surface area contributed by atoms with Crippen molar-refractivity contribution in [2.75, 3.05) is 11.9 Å². The molecule has 0 spiro atoms. The molecule has 7 N–H and O–H groups in total. The van der Waals surface area contributed by atoms with Crippen molar-refractivity contribution in [1.29, 1.82) is 0 Å². The summed E-state index contributed by atoms with van der Waals surface area (Å²) in [7, 11) is 0. The summed E-state index contributed by atoms with van der Waals surface area (Å²) in [6.45, 7) is 2.05. The highest BCUT2D eigenvalue weighted by Gasteiger charge is 2.27. The molecule has 1 heterocycles. The van der Waals surface area contributed by atoms with Crippen molar-refractivity contribution in [1.82, 2.24) is 10.6 Å². The number of rotatable bonds is 13. The second-order valence-electron chi connectivity index (χ2n) is 10.4. The van der Waals surface area contributed by atoms with Gasteiger partial charge in [-0.25, -0.2) is 9.59 Å². The first-order valence-electron chi connectivity index (χ1n) is 14.4. The Morgan fingerprint density at radius 2 is 1.54 bits per heavy atom. The summed E-state index contributed by atoms with van der Waals surface area (Å²) < 4.78 is 10.7. The van der Waals surface area contributed by atoms with Gasteiger partial charge in [-0.15, -0.1) is 12.4 Å². The third-order valence-corrected chi connectivity index (χ3v) is 6.90. The van der Waals surface area contributed by atoms with Crippen LogP contribution in [0.3, 0.4) is 0 Å². The Morgan fingerprint density at radius 1 is 0.870 bits per heavy atom. The number of anilines is 1. The fourth-order valence-electron chi connectivity index (χ4n) is 4.64. The number of guanidine groups is 1. The molecular weight excluding hydrogens is 612 g/mol. The smallest absolute Gasteiger partial charge is 0.408 e. The Labute approximate surface area is 272 Å². The molecule has 46 heavy (non-hydrogen) atoms. The van der Waals surface area contributed by atoms with Crippen LogP contribution in [0, 0.1) is 6.92 Å². The van der Waals surface area contributed by atoms with E-state index >= 15 is 0 Å². The van der Waals surface area contributed by atoms with Crippen molar-refractivity contribution in [2.45, 2.75) is 44.9 Å². The van der Waals surface area contributed by atoms with Crippen molar-refractivity contribution in [3.8, 4) is 0 Å². The number of ether oxygens (including phenoxy) is 1. The van der Waals surface area contributed by atoms with E-state index in [1.165, 1.54) is 6.07 Å². The number of benzene rings is 3. The first-order valence-corrected chi connectivity index (χ1v) is 14.4. The number of fused-ring (bicyclic) bond motifs is 1. The van der Waals surface area contributed by atoms with Gasteiger partial charge in [0.15, 0.2) is 5.96 Å². The number of aryl methyl sites for hydroxylation is 1. The zero-order valence-electron chi connectivity index (χ0n) is 25.2. The minimum absolute atomic E-state index is 0. The quantitative estimate of drug-likeness (QED) is 0.0629. The molecular formula is C33H37ClN6O6. The molecule has 4 rings (SSSR count). The molecule has 0 aliphatic heterocycles. The van der Waals surface area contributed by atoms with Gasteiger partial charge in [0, 0.05) is 36.2 Å². The molecule has 13 heteroatoms. The van der Waals surface area contributed by atoms with Gasteiger partial charge in [0.1, 0.15) is 24.3 Å². The maximum atomic E-state index is 13.6. The van der Waals surface area contributed by atoms with E-state index in [4.69, 9.17) is 20.6 Å². The highest BCUT2D eigenvalue weighted by molar-refractivity contribution is 5.99. The summed E-state index contributed by atoms with van der Waals surface area (Å²) in [5, 5.41) is 8.92. The number of halogens is 1. The van der Waals surface area contributed by atoms with Crippen LogP contribution in [0.15, 0.2) is 99.1 Å². The zero-order chi connectivity index (χ0) is 32.2. The Bertz CT molecular complexity index is 1710. The first-order chi connectivity index (χ1) is 21.7. The number of amides is 3. The van der Waals surface area contributed by atoms with Crippen LogP contribution >= 0.6 is 12.4 Å². The van der Waals surface area contributed by atoms with Gasteiger partial charge in [-0.3, -0.25) is 14.6 Å². The molecule has 0 aliphatic rings. The van der Waals surface area contributed by atoms with E-state index in [9.17, 15) is 19.2 Å². The maximum Gasteiger partial charge on any atom is 0.408 e. The van der Waals surface area contributed by atoms with Gasteiger partial charge in [-0.05, 0) is 48.6 Å². The summed E-state index contributed by atoms with van der Waals surface area (Å²) >= 11 is 0. The third-order valence-electron chi connectivity index (χ3n) is 6.90. The summed E-state index contributed by atoms with van der Waals surface area (Å²) in [6.07, 6.45) is -0.0695. The van der Waals surface area contributed by atoms with Crippen LogP contribution in [-0.4, -0.2) is 42.5 Å². The van der Waals surface area contributed by atoms with E-state index in [-0.39, 0.29) is 44.4 Å².